The first-order chi connectivity index (χ1) is 10.1. The molecule has 2 rings (SSSR count). The van der Waals surface area contributed by atoms with Gasteiger partial charge in [-0.2, -0.15) is 4.98 Å². The molecule has 0 unspecified atom stereocenters. The van der Waals surface area contributed by atoms with Crippen molar-refractivity contribution in [3.8, 4) is 11.5 Å². The summed E-state index contributed by atoms with van der Waals surface area (Å²) in [4.78, 5) is 4.11. The molecule has 1 N–H and O–H groups in total. The minimum absolute atomic E-state index is 0.220. The van der Waals surface area contributed by atoms with Gasteiger partial charge in [0.2, 0.25) is 0 Å². The normalized spacial score (nSPS) is 10.9. The SMILES string of the molecule is COc1ccc(CNC(C)C)cc1OCc1nc(C)no1. The van der Waals surface area contributed by atoms with Gasteiger partial charge >= 0.3 is 0 Å². The first kappa shape index (κ1) is 15.3. The highest BCUT2D eigenvalue weighted by Gasteiger charge is 2.09. The maximum absolute atomic E-state index is 5.73. The minimum atomic E-state index is 0.220. The number of aromatic nitrogens is 2. The van der Waals surface area contributed by atoms with Crippen LogP contribution in [0.2, 0.25) is 0 Å². The van der Waals surface area contributed by atoms with E-state index in [1.165, 1.54) is 0 Å². The molecule has 6 heteroatoms. The van der Waals surface area contributed by atoms with Gasteiger partial charge in [0.15, 0.2) is 23.9 Å². The van der Waals surface area contributed by atoms with Crippen molar-refractivity contribution in [2.45, 2.75) is 40.0 Å². The second-order valence-corrected chi connectivity index (χ2v) is 5.04. The van der Waals surface area contributed by atoms with Crippen LogP contribution in [0, 0.1) is 6.92 Å². The topological polar surface area (TPSA) is 69.4 Å². The molecule has 0 aliphatic heterocycles. The lowest BCUT2D eigenvalue weighted by Gasteiger charge is -2.12. The molecule has 0 spiro atoms. The number of nitrogens with zero attached hydrogens (tertiary/aromatic N) is 2. The third-order valence-electron chi connectivity index (χ3n) is 2.86. The molecule has 2 aromatic rings. The Balaban J connectivity index is 2.06. The molecule has 0 radical (unpaired) electrons. The van der Waals surface area contributed by atoms with E-state index in [9.17, 15) is 0 Å². The molecule has 0 bridgehead atoms. The van der Waals surface area contributed by atoms with Crippen LogP contribution in [-0.4, -0.2) is 23.3 Å². The van der Waals surface area contributed by atoms with E-state index in [1.54, 1.807) is 14.0 Å². The van der Waals surface area contributed by atoms with Crippen LogP contribution in [0.4, 0.5) is 0 Å². The monoisotopic (exact) mass is 291 g/mol. The second-order valence-electron chi connectivity index (χ2n) is 5.04. The summed E-state index contributed by atoms with van der Waals surface area (Å²) in [5, 5.41) is 7.10. The molecule has 21 heavy (non-hydrogen) atoms. The van der Waals surface area contributed by atoms with Gasteiger partial charge in [-0.15, -0.1) is 0 Å². The average molecular weight is 291 g/mol. The minimum Gasteiger partial charge on any atom is -0.493 e. The van der Waals surface area contributed by atoms with Gasteiger partial charge in [0.1, 0.15) is 0 Å². The van der Waals surface area contributed by atoms with Crippen molar-refractivity contribution in [3.05, 3.63) is 35.5 Å². The quantitative estimate of drug-likeness (QED) is 0.845. The third-order valence-corrected chi connectivity index (χ3v) is 2.86. The van der Waals surface area contributed by atoms with E-state index in [1.807, 2.05) is 18.2 Å². The molecule has 1 aromatic carbocycles. The van der Waals surface area contributed by atoms with Crippen LogP contribution in [0.15, 0.2) is 22.7 Å². The van der Waals surface area contributed by atoms with Crippen LogP contribution in [0.1, 0.15) is 31.1 Å². The van der Waals surface area contributed by atoms with Crippen molar-refractivity contribution in [2.24, 2.45) is 0 Å². The van der Waals surface area contributed by atoms with Crippen molar-refractivity contribution in [3.63, 3.8) is 0 Å². The van der Waals surface area contributed by atoms with Gasteiger partial charge in [0.05, 0.1) is 7.11 Å². The highest BCUT2D eigenvalue weighted by atomic mass is 16.5. The average Bonchev–Trinajstić information content (AvgIpc) is 2.88. The fraction of sp³-hybridized carbons (Fsp3) is 0.467. The molecule has 0 aliphatic rings. The highest BCUT2D eigenvalue weighted by Crippen LogP contribution is 2.28. The zero-order valence-corrected chi connectivity index (χ0v) is 12.8. The molecule has 0 saturated heterocycles. The van der Waals surface area contributed by atoms with E-state index in [0.29, 0.717) is 29.3 Å². The molecule has 6 nitrogen and oxygen atoms in total. The summed E-state index contributed by atoms with van der Waals surface area (Å²) < 4.78 is 16.1. The van der Waals surface area contributed by atoms with Gasteiger partial charge in [-0.1, -0.05) is 25.1 Å². The first-order valence-corrected chi connectivity index (χ1v) is 6.90. The van der Waals surface area contributed by atoms with Crippen molar-refractivity contribution in [1.82, 2.24) is 15.5 Å². The van der Waals surface area contributed by atoms with Gasteiger partial charge in [-0.25, -0.2) is 0 Å². The fourth-order valence-electron chi connectivity index (χ4n) is 1.80. The summed E-state index contributed by atoms with van der Waals surface area (Å²) >= 11 is 0. The van der Waals surface area contributed by atoms with Gasteiger partial charge in [-0.05, 0) is 24.6 Å². The van der Waals surface area contributed by atoms with Gasteiger partial charge in [-0.3, -0.25) is 0 Å². The number of aryl methyl sites for hydroxylation is 1. The molecular formula is C15H21N3O3. The smallest absolute Gasteiger partial charge is 0.264 e. The highest BCUT2D eigenvalue weighted by molar-refractivity contribution is 5.43. The molecule has 0 aliphatic carbocycles. The Morgan fingerprint density at radius 2 is 2.10 bits per heavy atom. The molecule has 0 amide bonds. The summed E-state index contributed by atoms with van der Waals surface area (Å²) in [5.74, 6) is 2.38. The maximum atomic E-state index is 5.73. The van der Waals surface area contributed by atoms with Gasteiger partial charge in [0.25, 0.3) is 5.89 Å². The Bertz CT molecular complexity index is 581. The predicted molar refractivity (Wildman–Crippen MR) is 78.3 cm³/mol. The van der Waals surface area contributed by atoms with Crippen molar-refractivity contribution < 1.29 is 14.0 Å². The summed E-state index contributed by atoms with van der Waals surface area (Å²) in [6.07, 6.45) is 0. The Morgan fingerprint density at radius 3 is 2.71 bits per heavy atom. The number of benzene rings is 1. The van der Waals surface area contributed by atoms with E-state index in [4.69, 9.17) is 14.0 Å². The predicted octanol–water partition coefficient (Wildman–Crippen LogP) is 2.46. The zero-order chi connectivity index (χ0) is 15.2. The van der Waals surface area contributed by atoms with Crippen molar-refractivity contribution in [2.75, 3.05) is 7.11 Å². The van der Waals surface area contributed by atoms with E-state index in [2.05, 4.69) is 29.3 Å². The number of hydrogen-bond donors (Lipinski definition) is 1. The van der Waals surface area contributed by atoms with Crippen LogP contribution in [0.3, 0.4) is 0 Å². The fourth-order valence-corrected chi connectivity index (χ4v) is 1.80. The maximum Gasteiger partial charge on any atom is 0.264 e. The molecule has 114 valence electrons. The second kappa shape index (κ2) is 7.08. The molecule has 1 aromatic heterocycles. The lowest BCUT2D eigenvalue weighted by Crippen LogP contribution is -2.21. The molecule has 0 fully saturated rings. The number of methoxy groups -OCH3 is 1. The molecule has 0 atom stereocenters. The van der Waals surface area contributed by atoms with Crippen LogP contribution in [0.5, 0.6) is 11.5 Å². The largest absolute Gasteiger partial charge is 0.493 e. The van der Waals surface area contributed by atoms with E-state index in [0.717, 1.165) is 12.1 Å². The van der Waals surface area contributed by atoms with Crippen molar-refractivity contribution >= 4 is 0 Å². The summed E-state index contributed by atoms with van der Waals surface area (Å²) in [6, 6.07) is 6.29. The van der Waals surface area contributed by atoms with Crippen LogP contribution in [-0.2, 0) is 13.2 Å². The van der Waals surface area contributed by atoms with E-state index >= 15 is 0 Å². The first-order valence-electron chi connectivity index (χ1n) is 6.90. The Kier molecular flexibility index (Phi) is 5.16. The van der Waals surface area contributed by atoms with Gasteiger partial charge in [0, 0.05) is 12.6 Å². The van der Waals surface area contributed by atoms with Crippen LogP contribution < -0.4 is 14.8 Å². The third kappa shape index (κ3) is 4.46. The van der Waals surface area contributed by atoms with E-state index < -0.39 is 0 Å². The molecule has 0 saturated carbocycles. The lowest BCUT2D eigenvalue weighted by atomic mass is 10.2. The van der Waals surface area contributed by atoms with Crippen LogP contribution in [0.25, 0.3) is 0 Å². The summed E-state index contributed by atoms with van der Waals surface area (Å²) in [6.45, 7) is 6.99. The number of hydrogen-bond acceptors (Lipinski definition) is 6. The molecular weight excluding hydrogens is 270 g/mol. The number of rotatable bonds is 7. The Hall–Kier alpha value is -2.08. The molecule has 1 heterocycles. The van der Waals surface area contributed by atoms with Crippen molar-refractivity contribution in [1.29, 1.82) is 0 Å². The van der Waals surface area contributed by atoms with E-state index in [-0.39, 0.29) is 6.61 Å². The Labute approximate surface area is 124 Å². The summed E-state index contributed by atoms with van der Waals surface area (Å²) in [7, 11) is 1.62. The number of nitrogens with one attached hydrogen (secondary N) is 1. The standard InChI is InChI=1S/C15H21N3O3/c1-10(2)16-8-12-5-6-13(19-4)14(7-12)20-9-15-17-11(3)18-21-15/h5-7,10,16H,8-9H2,1-4H3. The van der Waals surface area contributed by atoms with Gasteiger partial charge < -0.3 is 19.3 Å². The summed E-state index contributed by atoms with van der Waals surface area (Å²) in [5.41, 5.74) is 1.13. The van der Waals surface area contributed by atoms with Crippen LogP contribution >= 0.6 is 0 Å². The number of ether oxygens (including phenoxy) is 2. The Morgan fingerprint density at radius 1 is 1.29 bits per heavy atom. The zero-order valence-electron chi connectivity index (χ0n) is 12.8. The lowest BCUT2D eigenvalue weighted by molar-refractivity contribution is 0.233.